The molecular weight excluding hydrogens is 290 g/mol. The van der Waals surface area contributed by atoms with Gasteiger partial charge in [-0.3, -0.25) is 9.59 Å². The second-order valence-electron chi connectivity index (χ2n) is 3.31. The van der Waals surface area contributed by atoms with E-state index in [1.54, 1.807) is 6.07 Å². The standard InChI is InChI=1S/C11H14BrNO4/c1-3-9-7(4-5-17-9)10(14)13-6-8(12)11(15)16-2/h4-5,8H,3,6H2,1-2H3,(H,13,14). The third-order valence-electron chi connectivity index (χ3n) is 2.21. The smallest absolute Gasteiger partial charge is 0.321 e. The molecule has 0 radical (unpaired) electrons. The zero-order chi connectivity index (χ0) is 12.8. The summed E-state index contributed by atoms with van der Waals surface area (Å²) in [6.07, 6.45) is 2.12. The first-order valence-electron chi connectivity index (χ1n) is 5.16. The molecule has 1 N–H and O–H groups in total. The number of hydrogen-bond acceptors (Lipinski definition) is 4. The van der Waals surface area contributed by atoms with Crippen molar-refractivity contribution in [1.29, 1.82) is 0 Å². The number of ether oxygens (including phenoxy) is 1. The Balaban J connectivity index is 2.53. The Bertz CT molecular complexity index is 402. The van der Waals surface area contributed by atoms with Crippen molar-refractivity contribution < 1.29 is 18.7 Å². The summed E-state index contributed by atoms with van der Waals surface area (Å²) >= 11 is 3.12. The Kier molecular flexibility index (Phi) is 5.21. The molecule has 1 amide bonds. The minimum absolute atomic E-state index is 0.167. The van der Waals surface area contributed by atoms with Crippen LogP contribution in [0.2, 0.25) is 0 Å². The third kappa shape index (κ3) is 3.59. The highest BCUT2D eigenvalue weighted by atomic mass is 79.9. The van der Waals surface area contributed by atoms with Gasteiger partial charge >= 0.3 is 5.97 Å². The Morgan fingerprint density at radius 1 is 1.59 bits per heavy atom. The molecule has 1 rings (SSSR count). The molecule has 0 spiro atoms. The maximum atomic E-state index is 11.8. The van der Waals surface area contributed by atoms with Crippen LogP contribution in [0, 0.1) is 0 Å². The van der Waals surface area contributed by atoms with Crippen LogP contribution in [0.1, 0.15) is 23.0 Å². The van der Waals surface area contributed by atoms with E-state index in [1.165, 1.54) is 13.4 Å². The maximum Gasteiger partial charge on any atom is 0.321 e. The number of hydrogen-bond donors (Lipinski definition) is 1. The third-order valence-corrected chi connectivity index (χ3v) is 2.91. The Morgan fingerprint density at radius 3 is 2.88 bits per heavy atom. The summed E-state index contributed by atoms with van der Waals surface area (Å²) in [7, 11) is 1.30. The monoisotopic (exact) mass is 303 g/mol. The number of esters is 1. The predicted octanol–water partition coefficient (Wildman–Crippen LogP) is 1.51. The van der Waals surface area contributed by atoms with Crippen LogP contribution in [0.4, 0.5) is 0 Å². The lowest BCUT2D eigenvalue weighted by Crippen LogP contribution is -2.34. The molecule has 5 nitrogen and oxygen atoms in total. The number of amides is 1. The molecule has 1 heterocycles. The summed E-state index contributed by atoms with van der Waals surface area (Å²) in [5.41, 5.74) is 0.497. The number of rotatable bonds is 5. The molecule has 94 valence electrons. The first-order chi connectivity index (χ1) is 8.10. The molecule has 0 aromatic carbocycles. The lowest BCUT2D eigenvalue weighted by Gasteiger charge is -2.08. The van der Waals surface area contributed by atoms with Gasteiger partial charge in [0.2, 0.25) is 0 Å². The molecule has 1 atom stereocenters. The van der Waals surface area contributed by atoms with Gasteiger partial charge in [-0.05, 0) is 6.07 Å². The van der Waals surface area contributed by atoms with Gasteiger partial charge in [0.1, 0.15) is 10.6 Å². The van der Waals surface area contributed by atoms with Crippen LogP contribution in [-0.4, -0.2) is 30.4 Å². The molecule has 1 aromatic rings. The number of alkyl halides is 1. The summed E-state index contributed by atoms with van der Waals surface area (Å²) in [6, 6.07) is 1.61. The summed E-state index contributed by atoms with van der Waals surface area (Å²) in [5.74, 6) is -0.0520. The topological polar surface area (TPSA) is 68.5 Å². The molecule has 1 aromatic heterocycles. The van der Waals surface area contributed by atoms with Crippen LogP contribution >= 0.6 is 15.9 Å². The van der Waals surface area contributed by atoms with Crippen LogP contribution < -0.4 is 5.32 Å². The number of aryl methyl sites for hydroxylation is 1. The van der Waals surface area contributed by atoms with E-state index in [-0.39, 0.29) is 12.5 Å². The highest BCUT2D eigenvalue weighted by Gasteiger charge is 2.18. The van der Waals surface area contributed by atoms with E-state index in [9.17, 15) is 9.59 Å². The fourth-order valence-corrected chi connectivity index (χ4v) is 1.65. The van der Waals surface area contributed by atoms with E-state index in [2.05, 4.69) is 26.0 Å². The van der Waals surface area contributed by atoms with Crippen molar-refractivity contribution in [3.05, 3.63) is 23.7 Å². The lowest BCUT2D eigenvalue weighted by molar-refractivity contribution is -0.139. The fourth-order valence-electron chi connectivity index (χ4n) is 1.31. The summed E-state index contributed by atoms with van der Waals surface area (Å²) < 4.78 is 9.67. The van der Waals surface area contributed by atoms with Gasteiger partial charge in [-0.15, -0.1) is 0 Å². The van der Waals surface area contributed by atoms with Crippen LogP contribution in [0.15, 0.2) is 16.7 Å². The number of halogens is 1. The Labute approximate surface area is 108 Å². The number of nitrogens with one attached hydrogen (secondary N) is 1. The molecular formula is C11H14BrNO4. The van der Waals surface area contributed by atoms with Gasteiger partial charge in [-0.1, -0.05) is 22.9 Å². The van der Waals surface area contributed by atoms with Gasteiger partial charge in [0, 0.05) is 13.0 Å². The van der Waals surface area contributed by atoms with Gasteiger partial charge in [0.25, 0.3) is 5.91 Å². The fraction of sp³-hybridized carbons (Fsp3) is 0.455. The molecule has 0 aliphatic heterocycles. The van der Waals surface area contributed by atoms with Crippen molar-refractivity contribution >= 4 is 27.8 Å². The van der Waals surface area contributed by atoms with E-state index in [4.69, 9.17) is 4.42 Å². The van der Waals surface area contributed by atoms with Crippen molar-refractivity contribution in [3.8, 4) is 0 Å². The first-order valence-corrected chi connectivity index (χ1v) is 6.08. The van der Waals surface area contributed by atoms with Crippen LogP contribution in [0.25, 0.3) is 0 Å². The van der Waals surface area contributed by atoms with Crippen LogP contribution in [0.3, 0.4) is 0 Å². The molecule has 0 saturated carbocycles. The van der Waals surface area contributed by atoms with Crippen LogP contribution in [-0.2, 0) is 16.0 Å². The Morgan fingerprint density at radius 2 is 2.29 bits per heavy atom. The average molecular weight is 304 g/mol. The minimum atomic E-state index is -0.548. The SMILES string of the molecule is CCc1occc1C(=O)NCC(Br)C(=O)OC. The zero-order valence-corrected chi connectivity index (χ0v) is 11.2. The van der Waals surface area contributed by atoms with Gasteiger partial charge in [0.05, 0.1) is 18.9 Å². The molecule has 1 unspecified atom stereocenters. The van der Waals surface area contributed by atoms with Crippen molar-refractivity contribution in [1.82, 2.24) is 5.32 Å². The molecule has 17 heavy (non-hydrogen) atoms. The molecule has 0 bridgehead atoms. The quantitative estimate of drug-likeness (QED) is 0.661. The molecule has 6 heteroatoms. The van der Waals surface area contributed by atoms with E-state index in [0.29, 0.717) is 17.7 Å². The van der Waals surface area contributed by atoms with Gasteiger partial charge in [-0.25, -0.2) is 0 Å². The second kappa shape index (κ2) is 6.44. The molecule has 0 aliphatic rings. The number of methoxy groups -OCH3 is 1. The largest absolute Gasteiger partial charge is 0.469 e. The summed E-state index contributed by atoms with van der Waals surface area (Å²) in [5, 5.41) is 2.63. The summed E-state index contributed by atoms with van der Waals surface area (Å²) in [4.78, 5) is 22.3. The van der Waals surface area contributed by atoms with E-state index in [1.807, 2.05) is 6.92 Å². The normalized spacial score (nSPS) is 11.9. The van der Waals surface area contributed by atoms with Gasteiger partial charge in [0.15, 0.2) is 0 Å². The molecule has 0 fully saturated rings. The van der Waals surface area contributed by atoms with Crippen molar-refractivity contribution in [2.45, 2.75) is 18.2 Å². The average Bonchev–Trinajstić information content (AvgIpc) is 2.82. The molecule has 0 saturated heterocycles. The highest BCUT2D eigenvalue weighted by Crippen LogP contribution is 2.11. The van der Waals surface area contributed by atoms with Gasteiger partial charge in [-0.2, -0.15) is 0 Å². The maximum absolute atomic E-state index is 11.8. The van der Waals surface area contributed by atoms with Gasteiger partial charge < -0.3 is 14.5 Å². The number of carbonyl (C=O) groups is 2. The van der Waals surface area contributed by atoms with Crippen molar-refractivity contribution in [2.75, 3.05) is 13.7 Å². The van der Waals surface area contributed by atoms with E-state index < -0.39 is 10.8 Å². The number of furan rings is 1. The zero-order valence-electron chi connectivity index (χ0n) is 9.66. The lowest BCUT2D eigenvalue weighted by atomic mass is 10.2. The van der Waals surface area contributed by atoms with Crippen molar-refractivity contribution in [3.63, 3.8) is 0 Å². The predicted molar refractivity (Wildman–Crippen MR) is 65.2 cm³/mol. The summed E-state index contributed by atoms with van der Waals surface area (Å²) in [6.45, 7) is 2.07. The molecule has 0 aliphatic carbocycles. The van der Waals surface area contributed by atoms with E-state index >= 15 is 0 Å². The van der Waals surface area contributed by atoms with Crippen LogP contribution in [0.5, 0.6) is 0 Å². The van der Waals surface area contributed by atoms with E-state index in [0.717, 1.165) is 0 Å². The second-order valence-corrected chi connectivity index (χ2v) is 4.42. The number of carbonyl (C=O) groups excluding carboxylic acids is 2. The highest BCUT2D eigenvalue weighted by molar-refractivity contribution is 9.10. The first kappa shape index (κ1) is 13.8. The van der Waals surface area contributed by atoms with Crippen molar-refractivity contribution in [2.24, 2.45) is 0 Å². The minimum Gasteiger partial charge on any atom is -0.469 e. The Hall–Kier alpha value is -1.30.